The SMILES string of the molecule is COc1ccc(C(=O)N2C(C(=O)N3CCOCC3)COC23CCN(C(=O)c2cccc(C)c2)CC3)cc1. The summed E-state index contributed by atoms with van der Waals surface area (Å²) in [5, 5.41) is 0. The molecule has 3 heterocycles. The van der Waals surface area contributed by atoms with Crippen LogP contribution < -0.4 is 4.74 Å². The lowest BCUT2D eigenvalue weighted by molar-refractivity contribution is -0.141. The molecule has 3 aliphatic rings. The highest BCUT2D eigenvalue weighted by Gasteiger charge is 2.55. The van der Waals surface area contributed by atoms with Crippen molar-refractivity contribution in [3.05, 3.63) is 65.2 Å². The number of ether oxygens (including phenoxy) is 3. The first-order valence-corrected chi connectivity index (χ1v) is 12.8. The summed E-state index contributed by atoms with van der Waals surface area (Å²) in [6, 6.07) is 13.7. The van der Waals surface area contributed by atoms with Crippen molar-refractivity contribution < 1.29 is 28.6 Å². The fraction of sp³-hybridized carbons (Fsp3) is 0.464. The third kappa shape index (κ3) is 4.93. The van der Waals surface area contributed by atoms with Gasteiger partial charge in [-0.1, -0.05) is 17.7 Å². The smallest absolute Gasteiger partial charge is 0.256 e. The van der Waals surface area contributed by atoms with Crippen molar-refractivity contribution in [1.82, 2.24) is 14.7 Å². The summed E-state index contributed by atoms with van der Waals surface area (Å²) in [7, 11) is 1.57. The first-order chi connectivity index (χ1) is 17.9. The molecule has 0 radical (unpaired) electrons. The van der Waals surface area contributed by atoms with Crippen molar-refractivity contribution in [3.63, 3.8) is 0 Å². The lowest BCUT2D eigenvalue weighted by atomic mass is 9.95. The van der Waals surface area contributed by atoms with E-state index in [2.05, 4.69) is 0 Å². The van der Waals surface area contributed by atoms with E-state index in [4.69, 9.17) is 14.2 Å². The number of rotatable bonds is 4. The van der Waals surface area contributed by atoms with E-state index in [1.807, 2.05) is 31.2 Å². The van der Waals surface area contributed by atoms with Gasteiger partial charge in [0.2, 0.25) is 5.91 Å². The number of carbonyl (C=O) groups excluding carboxylic acids is 3. The van der Waals surface area contributed by atoms with Gasteiger partial charge in [-0.3, -0.25) is 19.3 Å². The summed E-state index contributed by atoms with van der Waals surface area (Å²) in [6.07, 6.45) is 0.860. The normalized spacial score (nSPS) is 21.2. The van der Waals surface area contributed by atoms with Gasteiger partial charge < -0.3 is 24.0 Å². The molecule has 5 rings (SSSR count). The Hall–Kier alpha value is -3.43. The predicted molar refractivity (Wildman–Crippen MR) is 135 cm³/mol. The molecule has 3 fully saturated rings. The maximum absolute atomic E-state index is 13.9. The van der Waals surface area contributed by atoms with Gasteiger partial charge in [-0.15, -0.1) is 0 Å². The molecule has 0 saturated carbocycles. The Morgan fingerprint density at radius 2 is 1.59 bits per heavy atom. The minimum absolute atomic E-state index is 0.0366. The maximum Gasteiger partial charge on any atom is 0.256 e. The molecule has 1 spiro atoms. The molecule has 3 saturated heterocycles. The van der Waals surface area contributed by atoms with Crippen LogP contribution in [-0.2, 0) is 14.3 Å². The van der Waals surface area contributed by atoms with Crippen molar-refractivity contribution in [2.45, 2.75) is 31.5 Å². The summed E-state index contributed by atoms with van der Waals surface area (Å²) in [5.41, 5.74) is 1.19. The molecule has 37 heavy (non-hydrogen) atoms. The summed E-state index contributed by atoms with van der Waals surface area (Å²) in [5.74, 6) is 0.226. The van der Waals surface area contributed by atoms with Crippen LogP contribution in [0, 0.1) is 6.92 Å². The van der Waals surface area contributed by atoms with E-state index >= 15 is 0 Å². The summed E-state index contributed by atoms with van der Waals surface area (Å²) < 4.78 is 17.0. The van der Waals surface area contributed by atoms with Gasteiger partial charge in [0, 0.05) is 50.1 Å². The number of amides is 3. The molecule has 9 heteroatoms. The molecular formula is C28H33N3O6. The van der Waals surface area contributed by atoms with Crippen LogP contribution in [0.1, 0.15) is 39.1 Å². The Morgan fingerprint density at radius 1 is 0.892 bits per heavy atom. The largest absolute Gasteiger partial charge is 0.497 e. The number of hydrogen-bond acceptors (Lipinski definition) is 6. The van der Waals surface area contributed by atoms with Crippen LogP contribution in [-0.4, -0.2) is 97.3 Å². The summed E-state index contributed by atoms with van der Waals surface area (Å²) >= 11 is 0. The molecule has 1 atom stereocenters. The maximum atomic E-state index is 13.9. The third-order valence-corrected chi connectivity index (χ3v) is 7.52. The van der Waals surface area contributed by atoms with E-state index in [1.54, 1.807) is 46.1 Å². The van der Waals surface area contributed by atoms with Gasteiger partial charge >= 0.3 is 0 Å². The molecule has 0 aliphatic carbocycles. The highest BCUT2D eigenvalue weighted by Crippen LogP contribution is 2.39. The van der Waals surface area contributed by atoms with E-state index in [-0.39, 0.29) is 24.3 Å². The fourth-order valence-corrected chi connectivity index (χ4v) is 5.44. The Balaban J connectivity index is 1.39. The first-order valence-electron chi connectivity index (χ1n) is 12.8. The average Bonchev–Trinajstić information content (AvgIpc) is 3.31. The molecule has 0 N–H and O–H groups in total. The minimum Gasteiger partial charge on any atom is -0.497 e. The Morgan fingerprint density at radius 3 is 2.24 bits per heavy atom. The van der Waals surface area contributed by atoms with Gasteiger partial charge in [0.15, 0.2) is 0 Å². The van der Waals surface area contributed by atoms with Crippen LogP contribution in [0.15, 0.2) is 48.5 Å². The molecule has 1 unspecified atom stereocenters. The van der Waals surface area contributed by atoms with Gasteiger partial charge in [0.1, 0.15) is 17.5 Å². The molecule has 9 nitrogen and oxygen atoms in total. The van der Waals surface area contributed by atoms with Crippen LogP contribution in [0.3, 0.4) is 0 Å². The molecule has 3 aliphatic heterocycles. The lowest BCUT2D eigenvalue weighted by Gasteiger charge is -2.45. The summed E-state index contributed by atoms with van der Waals surface area (Å²) in [4.78, 5) is 45.8. The van der Waals surface area contributed by atoms with Gasteiger partial charge in [-0.25, -0.2) is 0 Å². The number of methoxy groups -OCH3 is 1. The molecular weight excluding hydrogens is 474 g/mol. The van der Waals surface area contributed by atoms with E-state index in [1.165, 1.54) is 0 Å². The predicted octanol–water partition coefficient (Wildman–Crippen LogP) is 2.34. The van der Waals surface area contributed by atoms with Crippen LogP contribution in [0.4, 0.5) is 0 Å². The Bertz CT molecular complexity index is 1150. The number of aryl methyl sites for hydroxylation is 1. The van der Waals surface area contributed by atoms with Crippen molar-refractivity contribution in [2.75, 3.05) is 53.1 Å². The number of morpholine rings is 1. The zero-order valence-corrected chi connectivity index (χ0v) is 21.4. The number of carbonyl (C=O) groups is 3. The zero-order chi connectivity index (χ0) is 26.0. The topological polar surface area (TPSA) is 88.6 Å². The molecule has 0 bridgehead atoms. The van der Waals surface area contributed by atoms with Crippen molar-refractivity contribution in [3.8, 4) is 5.75 Å². The standard InChI is InChI=1S/C28H33N3O6/c1-20-4-3-5-22(18-20)25(32)29-12-10-28(11-13-29)31(26(33)21-6-8-23(35-2)9-7-21)24(19-37-28)27(34)30-14-16-36-17-15-30/h3-9,18,24H,10-17,19H2,1-2H3. The quantitative estimate of drug-likeness (QED) is 0.631. The number of nitrogens with zero attached hydrogens (tertiary/aromatic N) is 3. The van der Waals surface area contributed by atoms with Crippen LogP contribution >= 0.6 is 0 Å². The first kappa shape index (κ1) is 25.2. The Labute approximate surface area is 216 Å². The van der Waals surface area contributed by atoms with Crippen molar-refractivity contribution in [2.24, 2.45) is 0 Å². The van der Waals surface area contributed by atoms with Crippen LogP contribution in [0.2, 0.25) is 0 Å². The molecule has 2 aromatic carbocycles. The number of hydrogen-bond donors (Lipinski definition) is 0. The zero-order valence-electron chi connectivity index (χ0n) is 21.4. The number of piperidine rings is 1. The second kappa shape index (κ2) is 10.5. The fourth-order valence-electron chi connectivity index (χ4n) is 5.44. The van der Waals surface area contributed by atoms with E-state index in [9.17, 15) is 14.4 Å². The molecule has 196 valence electrons. The monoisotopic (exact) mass is 507 g/mol. The number of likely N-dealkylation sites (tertiary alicyclic amines) is 1. The lowest BCUT2D eigenvalue weighted by Crippen LogP contribution is -2.60. The van der Waals surface area contributed by atoms with E-state index in [0.29, 0.717) is 69.1 Å². The Kier molecular flexibility index (Phi) is 7.17. The highest BCUT2D eigenvalue weighted by atomic mass is 16.5. The third-order valence-electron chi connectivity index (χ3n) is 7.52. The van der Waals surface area contributed by atoms with Gasteiger partial charge in [-0.05, 0) is 43.3 Å². The van der Waals surface area contributed by atoms with Crippen molar-refractivity contribution in [1.29, 1.82) is 0 Å². The molecule has 0 aromatic heterocycles. The molecule has 3 amide bonds. The molecule has 2 aromatic rings. The second-order valence-electron chi connectivity index (χ2n) is 9.78. The van der Waals surface area contributed by atoms with Crippen LogP contribution in [0.5, 0.6) is 5.75 Å². The average molecular weight is 508 g/mol. The van der Waals surface area contributed by atoms with Crippen LogP contribution in [0.25, 0.3) is 0 Å². The highest BCUT2D eigenvalue weighted by molar-refractivity contribution is 5.99. The minimum atomic E-state index is -0.951. The number of benzene rings is 2. The van der Waals surface area contributed by atoms with Crippen molar-refractivity contribution >= 4 is 17.7 Å². The van der Waals surface area contributed by atoms with E-state index < -0.39 is 11.8 Å². The van der Waals surface area contributed by atoms with E-state index in [0.717, 1.165) is 5.56 Å². The van der Waals surface area contributed by atoms with Gasteiger partial charge in [0.05, 0.1) is 26.9 Å². The van der Waals surface area contributed by atoms with Gasteiger partial charge in [-0.2, -0.15) is 0 Å². The van der Waals surface area contributed by atoms with Gasteiger partial charge in [0.25, 0.3) is 11.8 Å². The summed E-state index contributed by atoms with van der Waals surface area (Å²) in [6.45, 7) is 4.89. The second-order valence-corrected chi connectivity index (χ2v) is 9.78.